The molecule has 3 aromatic carbocycles. The molecule has 0 amide bonds. The van der Waals surface area contributed by atoms with Crippen LogP contribution in [0.5, 0.6) is 11.5 Å². The van der Waals surface area contributed by atoms with Crippen LogP contribution in [-0.4, -0.2) is 37.6 Å². The number of hydrogen-bond donors (Lipinski definition) is 0. The lowest BCUT2D eigenvalue weighted by atomic mass is 10.1. The number of thiazole rings is 1. The normalized spacial score (nSPS) is 12.0. The van der Waals surface area contributed by atoms with Gasteiger partial charge in [0.15, 0.2) is 5.82 Å². The maximum Gasteiger partial charge on any atom is 0.291 e. The van der Waals surface area contributed by atoms with Gasteiger partial charge in [-0.1, -0.05) is 66.8 Å². The summed E-state index contributed by atoms with van der Waals surface area (Å²) in [5, 5.41) is 9.34. The molecule has 0 fully saturated rings. The second-order valence-electron chi connectivity index (χ2n) is 9.51. The molecule has 210 valence electrons. The van der Waals surface area contributed by atoms with Gasteiger partial charge in [0.25, 0.3) is 5.56 Å². The zero-order valence-electron chi connectivity index (χ0n) is 23.3. The first-order chi connectivity index (χ1) is 20.6. The van der Waals surface area contributed by atoms with Crippen molar-refractivity contribution in [2.45, 2.75) is 20.3 Å². The second-order valence-corrected chi connectivity index (χ2v) is 10.5. The molecule has 0 aliphatic carbocycles. The van der Waals surface area contributed by atoms with Gasteiger partial charge in [-0.2, -0.15) is 14.6 Å². The van der Waals surface area contributed by atoms with Crippen LogP contribution >= 0.6 is 11.3 Å². The predicted octanol–water partition coefficient (Wildman–Crippen LogP) is 5.91. The van der Waals surface area contributed by atoms with Gasteiger partial charge in [-0.05, 0) is 67.5 Å². The third-order valence-electron chi connectivity index (χ3n) is 6.44. The van der Waals surface area contributed by atoms with Gasteiger partial charge in [0.05, 0.1) is 23.4 Å². The first-order valence-corrected chi connectivity index (χ1v) is 14.6. The summed E-state index contributed by atoms with van der Waals surface area (Å²) in [6.07, 6.45) is 8.43. The zero-order chi connectivity index (χ0) is 28.9. The summed E-state index contributed by atoms with van der Waals surface area (Å²) < 4.78 is 15.1. The number of aromatic nitrogens is 5. The molecule has 0 aliphatic heterocycles. The quantitative estimate of drug-likeness (QED) is 0.202. The number of benzene rings is 3. The van der Waals surface area contributed by atoms with Crippen LogP contribution in [0.3, 0.4) is 0 Å². The number of fused-ring (bicyclic) bond motifs is 1. The lowest BCUT2D eigenvalue weighted by molar-refractivity contribution is 0.317. The molecule has 6 aromatic rings. The van der Waals surface area contributed by atoms with E-state index >= 15 is 0 Å². The molecule has 0 atom stereocenters. The molecule has 0 saturated heterocycles. The summed E-state index contributed by atoms with van der Waals surface area (Å²) in [5.41, 5.74) is 4.15. The van der Waals surface area contributed by atoms with Crippen LogP contribution in [0.25, 0.3) is 40.1 Å². The van der Waals surface area contributed by atoms with E-state index in [0.29, 0.717) is 28.5 Å². The zero-order valence-corrected chi connectivity index (χ0v) is 24.1. The molecule has 9 heteroatoms. The van der Waals surface area contributed by atoms with E-state index in [1.807, 2.05) is 109 Å². The van der Waals surface area contributed by atoms with E-state index in [0.717, 1.165) is 46.0 Å². The molecule has 0 unspecified atom stereocenters. The van der Waals surface area contributed by atoms with Crippen LogP contribution in [0.4, 0.5) is 0 Å². The van der Waals surface area contributed by atoms with E-state index in [1.165, 1.54) is 15.9 Å². The molecule has 3 heterocycles. The summed E-state index contributed by atoms with van der Waals surface area (Å²) in [7, 11) is 0. The molecule has 0 saturated carbocycles. The van der Waals surface area contributed by atoms with Crippen LogP contribution in [0.2, 0.25) is 0 Å². The molecule has 0 spiro atoms. The average Bonchev–Trinajstić information content (AvgIpc) is 3.71. The molecule has 0 radical (unpaired) electrons. The van der Waals surface area contributed by atoms with E-state index in [2.05, 4.69) is 17.0 Å². The standard InChI is InChI=1S/C33H29N5O3S/c1-3-19-41-28-12-8-9-24(20-28)31-25(22-37(36-31)26-10-6-5-7-11-26)21-29-32(39)38-33(42-29)34-30(35-38)18-15-23-13-16-27(17-14-23)40-4-2/h5-18,20-22H,3-4,19H2,1-2H3/b18-15+,29-21-. The van der Waals surface area contributed by atoms with Crippen molar-refractivity contribution in [3.8, 4) is 28.4 Å². The summed E-state index contributed by atoms with van der Waals surface area (Å²) in [6.45, 7) is 5.29. The molecule has 42 heavy (non-hydrogen) atoms. The number of nitrogens with zero attached hydrogens (tertiary/aromatic N) is 5. The van der Waals surface area contributed by atoms with Crippen molar-refractivity contribution in [1.82, 2.24) is 24.4 Å². The Labute approximate surface area is 246 Å². The fourth-order valence-electron chi connectivity index (χ4n) is 4.46. The Balaban J connectivity index is 1.35. The second kappa shape index (κ2) is 12.2. The molecular formula is C33H29N5O3S. The molecule has 8 nitrogen and oxygen atoms in total. The van der Waals surface area contributed by atoms with E-state index in [4.69, 9.17) is 14.6 Å². The molecule has 0 aliphatic rings. The fourth-order valence-corrected chi connectivity index (χ4v) is 5.36. The number of para-hydroxylation sites is 1. The number of ether oxygens (including phenoxy) is 2. The minimum absolute atomic E-state index is 0.221. The first-order valence-electron chi connectivity index (χ1n) is 13.8. The third kappa shape index (κ3) is 5.87. The highest BCUT2D eigenvalue weighted by Gasteiger charge is 2.14. The van der Waals surface area contributed by atoms with Crippen LogP contribution in [0.15, 0.2) is 89.9 Å². The van der Waals surface area contributed by atoms with Gasteiger partial charge < -0.3 is 9.47 Å². The van der Waals surface area contributed by atoms with Crippen molar-refractivity contribution >= 4 is 34.5 Å². The minimum Gasteiger partial charge on any atom is -0.494 e. The van der Waals surface area contributed by atoms with Gasteiger partial charge in [-0.3, -0.25) is 4.79 Å². The Hall–Kier alpha value is -5.02. The number of rotatable bonds is 10. The maximum atomic E-state index is 13.4. The molecular weight excluding hydrogens is 546 g/mol. The SMILES string of the molecule is CCCOc1cccc(-c2nn(-c3ccccc3)cc2/C=c2\sc3nc(/C=C/c4ccc(OCC)cc4)nn3c2=O)c1. The largest absolute Gasteiger partial charge is 0.494 e. The molecule has 6 rings (SSSR count). The monoisotopic (exact) mass is 575 g/mol. The molecule has 0 bridgehead atoms. The predicted molar refractivity (Wildman–Crippen MR) is 167 cm³/mol. The van der Waals surface area contributed by atoms with Gasteiger partial charge in [0.1, 0.15) is 17.2 Å². The van der Waals surface area contributed by atoms with Crippen molar-refractivity contribution in [3.63, 3.8) is 0 Å². The fraction of sp³-hybridized carbons (Fsp3) is 0.152. The lowest BCUT2D eigenvalue weighted by Gasteiger charge is -2.06. The summed E-state index contributed by atoms with van der Waals surface area (Å²) in [6, 6.07) is 25.5. The van der Waals surface area contributed by atoms with E-state index in [9.17, 15) is 4.79 Å². The highest BCUT2D eigenvalue weighted by atomic mass is 32.1. The van der Waals surface area contributed by atoms with Crippen LogP contribution in [0.1, 0.15) is 37.2 Å². The Morgan fingerprint density at radius 2 is 1.71 bits per heavy atom. The topological polar surface area (TPSA) is 83.5 Å². The van der Waals surface area contributed by atoms with E-state index in [-0.39, 0.29) is 5.56 Å². The van der Waals surface area contributed by atoms with E-state index < -0.39 is 0 Å². The Bertz CT molecular complexity index is 1960. The Kier molecular flexibility index (Phi) is 7.91. The Morgan fingerprint density at radius 3 is 2.48 bits per heavy atom. The van der Waals surface area contributed by atoms with E-state index in [1.54, 1.807) is 6.08 Å². The minimum atomic E-state index is -0.221. The maximum absolute atomic E-state index is 13.4. The highest BCUT2D eigenvalue weighted by molar-refractivity contribution is 7.15. The summed E-state index contributed by atoms with van der Waals surface area (Å²) in [4.78, 5) is 18.5. The average molecular weight is 576 g/mol. The third-order valence-corrected chi connectivity index (χ3v) is 7.40. The molecule has 3 aromatic heterocycles. The van der Waals surface area contributed by atoms with Crippen LogP contribution in [0, 0.1) is 0 Å². The number of hydrogen-bond acceptors (Lipinski definition) is 7. The lowest BCUT2D eigenvalue weighted by Crippen LogP contribution is -2.23. The van der Waals surface area contributed by atoms with Crippen LogP contribution < -0.4 is 19.6 Å². The van der Waals surface area contributed by atoms with Gasteiger partial charge in [-0.15, -0.1) is 5.10 Å². The Morgan fingerprint density at radius 1 is 0.881 bits per heavy atom. The van der Waals surface area contributed by atoms with Crippen molar-refractivity contribution in [3.05, 3.63) is 117 Å². The van der Waals surface area contributed by atoms with Gasteiger partial charge >= 0.3 is 0 Å². The summed E-state index contributed by atoms with van der Waals surface area (Å²) in [5.74, 6) is 2.08. The van der Waals surface area contributed by atoms with Crippen molar-refractivity contribution < 1.29 is 9.47 Å². The van der Waals surface area contributed by atoms with Crippen LogP contribution in [-0.2, 0) is 0 Å². The smallest absolute Gasteiger partial charge is 0.291 e. The van der Waals surface area contributed by atoms with Crippen molar-refractivity contribution in [2.24, 2.45) is 0 Å². The van der Waals surface area contributed by atoms with Gasteiger partial charge in [-0.25, -0.2) is 4.68 Å². The van der Waals surface area contributed by atoms with Gasteiger partial charge in [0.2, 0.25) is 4.96 Å². The first kappa shape index (κ1) is 27.2. The van der Waals surface area contributed by atoms with Crippen molar-refractivity contribution in [2.75, 3.05) is 13.2 Å². The summed E-state index contributed by atoms with van der Waals surface area (Å²) >= 11 is 1.30. The molecule has 0 N–H and O–H groups in total. The highest BCUT2D eigenvalue weighted by Crippen LogP contribution is 2.28. The van der Waals surface area contributed by atoms with Gasteiger partial charge in [0, 0.05) is 17.3 Å². The van der Waals surface area contributed by atoms with Crippen molar-refractivity contribution in [1.29, 1.82) is 0 Å².